The molecule has 3 N–H and O–H groups in total. The van der Waals surface area contributed by atoms with Crippen LogP contribution in [0.3, 0.4) is 0 Å². The first kappa shape index (κ1) is 53.4. The van der Waals surface area contributed by atoms with Gasteiger partial charge in [-0.2, -0.15) is 0 Å². The van der Waals surface area contributed by atoms with Crippen LogP contribution in [-0.2, 0) is 39.8 Å². The first-order valence-corrected chi connectivity index (χ1v) is 26.8. The van der Waals surface area contributed by atoms with E-state index in [0.717, 1.165) is 79.5 Å². The highest BCUT2D eigenvalue weighted by Gasteiger charge is 2.46. The number of aryl methyl sites for hydroxylation is 1. The van der Waals surface area contributed by atoms with E-state index in [4.69, 9.17) is 38.6 Å². The van der Waals surface area contributed by atoms with Crippen molar-refractivity contribution in [1.29, 1.82) is 0 Å². The van der Waals surface area contributed by atoms with Gasteiger partial charge in [-0.3, -0.25) is 44.2 Å². The summed E-state index contributed by atoms with van der Waals surface area (Å²) in [5, 5.41) is 8.18. The predicted molar refractivity (Wildman–Crippen MR) is 295 cm³/mol. The van der Waals surface area contributed by atoms with Crippen molar-refractivity contribution in [3.05, 3.63) is 142 Å². The van der Waals surface area contributed by atoms with E-state index in [9.17, 15) is 24.0 Å². The van der Waals surface area contributed by atoms with Crippen molar-refractivity contribution in [3.8, 4) is 39.4 Å². The third kappa shape index (κ3) is 12.6. The minimum Gasteiger partial charge on any atom is -0.493 e. The van der Waals surface area contributed by atoms with Crippen LogP contribution >= 0.6 is 0 Å². The summed E-state index contributed by atoms with van der Waals surface area (Å²) < 4.78 is 28.6. The molecule has 78 heavy (non-hydrogen) atoms. The van der Waals surface area contributed by atoms with E-state index >= 15 is 0 Å². The second kappa shape index (κ2) is 25.0. The van der Waals surface area contributed by atoms with E-state index in [2.05, 4.69) is 78.3 Å². The number of anilines is 2. The molecule has 2 aliphatic heterocycles. The quantitative estimate of drug-likeness (QED) is 0.0343. The van der Waals surface area contributed by atoms with Gasteiger partial charge in [-0.15, -0.1) is 0 Å². The molecule has 5 heterocycles. The number of nitrogens with one attached hydrogen (secondary N) is 3. The Labute approximate surface area is 453 Å². The summed E-state index contributed by atoms with van der Waals surface area (Å²) in [7, 11) is 0. The molecule has 402 valence electrons. The third-order valence-corrected chi connectivity index (χ3v) is 14.3. The largest absolute Gasteiger partial charge is 0.493 e. The van der Waals surface area contributed by atoms with Crippen LogP contribution in [0.2, 0.25) is 0 Å². The molecule has 17 nitrogen and oxygen atoms in total. The zero-order chi connectivity index (χ0) is 54.0. The maximum atomic E-state index is 13.3. The monoisotopic (exact) mass is 1050 g/mol. The molecule has 0 radical (unpaired) electrons. The lowest BCUT2D eigenvalue weighted by Gasteiger charge is -2.27. The molecule has 0 spiro atoms. The number of fused-ring (bicyclic) bond motifs is 4. The molecule has 5 amide bonds. The summed E-state index contributed by atoms with van der Waals surface area (Å²) in [5.74, 6) is 0.237. The van der Waals surface area contributed by atoms with Crippen LogP contribution < -0.4 is 20.7 Å². The summed E-state index contributed by atoms with van der Waals surface area (Å²) in [6, 6.07) is 26.7. The van der Waals surface area contributed by atoms with Crippen molar-refractivity contribution >= 4 is 53.2 Å². The second-order valence-corrected chi connectivity index (χ2v) is 19.8. The molecular weight excluding hydrogens is 991 g/mol. The Morgan fingerprint density at radius 2 is 1.47 bits per heavy atom. The lowest BCUT2D eigenvalue weighted by Crippen LogP contribution is -2.54. The molecule has 3 aromatic heterocycles. The van der Waals surface area contributed by atoms with Gasteiger partial charge in [0.15, 0.2) is 0 Å². The smallest absolute Gasteiger partial charge is 0.264 e. The molecule has 2 unspecified atom stereocenters. The zero-order valence-corrected chi connectivity index (χ0v) is 43.9. The Morgan fingerprint density at radius 3 is 2.24 bits per heavy atom. The van der Waals surface area contributed by atoms with Crippen LogP contribution in [-0.4, -0.2) is 121 Å². The average molecular weight is 1050 g/mol. The lowest BCUT2D eigenvalue weighted by atomic mass is 9.98. The molecular formula is C61H63N7O10. The van der Waals surface area contributed by atoms with Crippen LogP contribution in [0.5, 0.6) is 5.75 Å². The molecule has 3 aromatic carbocycles. The molecule has 6 aromatic rings. The van der Waals surface area contributed by atoms with Crippen molar-refractivity contribution in [2.75, 3.05) is 76.6 Å². The number of aromatic nitrogens is 3. The maximum absolute atomic E-state index is 13.3. The number of hydrogen-bond donors (Lipinski definition) is 3. The SMILES string of the molecule is CCCOc1ccccc1-c1ncc(-c2ncc(-c3ccc(NCCOCCOCCOCCOCCC(=O)Nc4cccc5c4C(=O)N(C4CCC(=O)NC4=O)C5=O)nc3)cc2/C=C/c2ccc3c(c2)C[C@H]2CC32)cc1C. The minimum atomic E-state index is -1.10. The molecule has 17 heteroatoms. The predicted octanol–water partition coefficient (Wildman–Crippen LogP) is 8.71. The van der Waals surface area contributed by atoms with E-state index in [1.54, 1.807) is 6.07 Å². The van der Waals surface area contributed by atoms with Gasteiger partial charge in [0.1, 0.15) is 17.6 Å². The van der Waals surface area contributed by atoms with E-state index in [1.807, 2.05) is 48.9 Å². The first-order valence-electron chi connectivity index (χ1n) is 26.8. The number of hydrogen-bond acceptors (Lipinski definition) is 14. The fourth-order valence-electron chi connectivity index (χ4n) is 10.3. The number of rotatable bonds is 26. The average Bonchev–Trinajstić information content (AvgIpc) is 4.12. The fraction of sp³-hybridized carbons (Fsp3) is 0.344. The number of imide groups is 2. The van der Waals surface area contributed by atoms with Gasteiger partial charge in [-0.05, 0) is 115 Å². The summed E-state index contributed by atoms with van der Waals surface area (Å²) in [6.07, 6.45) is 13.5. The minimum absolute atomic E-state index is 0.00338. The molecule has 4 aliphatic rings. The summed E-state index contributed by atoms with van der Waals surface area (Å²) in [5.41, 5.74) is 12.0. The van der Waals surface area contributed by atoms with Crippen LogP contribution in [0.1, 0.15) is 93.5 Å². The number of piperidine rings is 1. The lowest BCUT2D eigenvalue weighted by molar-refractivity contribution is -0.136. The number of ether oxygens (including phenoxy) is 5. The molecule has 2 aliphatic carbocycles. The van der Waals surface area contributed by atoms with Gasteiger partial charge >= 0.3 is 0 Å². The van der Waals surface area contributed by atoms with Gasteiger partial charge in [0.25, 0.3) is 11.8 Å². The number of carbonyl (C=O) groups excluding carboxylic acids is 5. The number of nitrogens with zero attached hydrogens (tertiary/aromatic N) is 4. The molecule has 2 fully saturated rings. The Bertz CT molecular complexity index is 3230. The van der Waals surface area contributed by atoms with Crippen LogP contribution in [0.4, 0.5) is 11.5 Å². The van der Waals surface area contributed by atoms with Crippen LogP contribution in [0, 0.1) is 12.8 Å². The third-order valence-electron chi connectivity index (χ3n) is 14.3. The van der Waals surface area contributed by atoms with Gasteiger partial charge in [-0.1, -0.05) is 55.5 Å². The van der Waals surface area contributed by atoms with Gasteiger partial charge in [-0.25, -0.2) is 4.98 Å². The number of benzene rings is 3. The second-order valence-electron chi connectivity index (χ2n) is 19.8. The van der Waals surface area contributed by atoms with Gasteiger partial charge < -0.3 is 34.3 Å². The van der Waals surface area contributed by atoms with Crippen LogP contribution in [0.25, 0.3) is 45.8 Å². The standard InChI is InChI=1S/C61H63N7O10/c1-3-21-78-52-10-5-4-7-47(52)57-38(2)30-45(37-64-57)58-40(13-11-39-12-15-46-42(31-39)33-43-34-49(43)46)32-44(36-65-58)41-14-17-53(63-35-41)62-20-23-75-25-27-77-29-28-76-26-24-74-22-19-55(70)66-50-9-6-8-48-56(50)61(73)68(60(48)72)51-16-18-54(69)67-59(51)71/h4-15,17,30-32,35-37,43,49,51H,3,16,18-29,33-34H2,1-2H3,(H,62,63)(H,66,70)(H,67,69,71)/b13-11+/t43-,49?,51?/m0/s1. The van der Waals surface area contributed by atoms with E-state index in [-0.39, 0.29) is 49.3 Å². The number of carbonyl (C=O) groups is 5. The summed E-state index contributed by atoms with van der Waals surface area (Å²) in [6.45, 7) is 8.10. The molecule has 0 bridgehead atoms. The molecule has 3 atom stereocenters. The van der Waals surface area contributed by atoms with Crippen molar-refractivity contribution < 1.29 is 47.7 Å². The van der Waals surface area contributed by atoms with E-state index < -0.39 is 35.6 Å². The number of para-hydroxylation sites is 1. The molecule has 1 saturated carbocycles. The summed E-state index contributed by atoms with van der Waals surface area (Å²) >= 11 is 0. The molecule has 10 rings (SSSR count). The Hall–Kier alpha value is -7.96. The van der Waals surface area contributed by atoms with Gasteiger partial charge in [0.05, 0.1) is 94.1 Å². The van der Waals surface area contributed by atoms with Gasteiger partial charge in [0.2, 0.25) is 17.7 Å². The molecule has 1 saturated heterocycles. The normalized spacial score (nSPS) is 17.3. The van der Waals surface area contributed by atoms with E-state index in [0.29, 0.717) is 52.8 Å². The number of pyridine rings is 3. The zero-order valence-electron chi connectivity index (χ0n) is 43.9. The van der Waals surface area contributed by atoms with Crippen molar-refractivity contribution in [1.82, 2.24) is 25.2 Å². The van der Waals surface area contributed by atoms with Crippen molar-refractivity contribution in [3.63, 3.8) is 0 Å². The topological polar surface area (TPSA) is 210 Å². The number of amides is 5. The highest BCUT2D eigenvalue weighted by molar-refractivity contribution is 6.26. The fourth-order valence-corrected chi connectivity index (χ4v) is 10.3. The van der Waals surface area contributed by atoms with E-state index in [1.165, 1.54) is 41.7 Å². The highest BCUT2D eigenvalue weighted by atomic mass is 16.6. The maximum Gasteiger partial charge on any atom is 0.264 e. The van der Waals surface area contributed by atoms with Crippen molar-refractivity contribution in [2.24, 2.45) is 5.92 Å². The summed E-state index contributed by atoms with van der Waals surface area (Å²) in [4.78, 5) is 78.7. The Balaban J connectivity index is 0.628. The van der Waals surface area contributed by atoms with Crippen LogP contribution in [0.15, 0.2) is 104 Å². The highest BCUT2D eigenvalue weighted by Crippen LogP contribution is 2.56. The Morgan fingerprint density at radius 1 is 0.731 bits per heavy atom. The van der Waals surface area contributed by atoms with Gasteiger partial charge in [0, 0.05) is 59.4 Å². The first-order chi connectivity index (χ1) is 38.1. The van der Waals surface area contributed by atoms with Crippen molar-refractivity contribution in [2.45, 2.75) is 64.3 Å². The Kier molecular flexibility index (Phi) is 17.1.